The molecule has 1 saturated heterocycles. The third kappa shape index (κ3) is 4.16. The highest BCUT2D eigenvalue weighted by Gasteiger charge is 2.28. The molecule has 0 bridgehead atoms. The van der Waals surface area contributed by atoms with Gasteiger partial charge in [0.1, 0.15) is 28.0 Å². The Morgan fingerprint density at radius 3 is 2.47 bits per heavy atom. The van der Waals surface area contributed by atoms with Crippen molar-refractivity contribution >= 4 is 23.2 Å². The maximum absolute atomic E-state index is 5.77. The molecule has 0 N–H and O–H groups in total. The lowest BCUT2D eigenvalue weighted by atomic mass is 10.0. The van der Waals surface area contributed by atoms with E-state index in [9.17, 15) is 0 Å². The van der Waals surface area contributed by atoms with Crippen molar-refractivity contribution in [3.63, 3.8) is 0 Å². The summed E-state index contributed by atoms with van der Waals surface area (Å²) >= 11 is 1.70. The lowest BCUT2D eigenvalue weighted by Gasteiger charge is -2.35. The molecule has 0 amide bonds. The van der Waals surface area contributed by atoms with E-state index in [-0.39, 0.29) is 0 Å². The van der Waals surface area contributed by atoms with Crippen LogP contribution < -0.4 is 14.4 Å². The first-order valence-electron chi connectivity index (χ1n) is 11.2. The van der Waals surface area contributed by atoms with Gasteiger partial charge in [-0.25, -0.2) is 4.98 Å². The minimum absolute atomic E-state index is 0.460. The van der Waals surface area contributed by atoms with E-state index >= 15 is 0 Å². The van der Waals surface area contributed by atoms with Crippen molar-refractivity contribution in [2.75, 3.05) is 45.1 Å². The van der Waals surface area contributed by atoms with Gasteiger partial charge in [-0.2, -0.15) is 0 Å². The van der Waals surface area contributed by atoms with Gasteiger partial charge in [0.2, 0.25) is 0 Å². The molecule has 1 fully saturated rings. The smallest absolute Gasteiger partial charge is 0.147 e. The molecule has 0 saturated carbocycles. The van der Waals surface area contributed by atoms with Gasteiger partial charge in [0.05, 0.1) is 19.8 Å². The van der Waals surface area contributed by atoms with E-state index in [1.807, 2.05) is 19.1 Å². The number of imidazole rings is 1. The number of ether oxygens (including phenoxy) is 3. The van der Waals surface area contributed by atoms with Crippen molar-refractivity contribution in [3.8, 4) is 22.6 Å². The summed E-state index contributed by atoms with van der Waals surface area (Å²) in [7, 11) is 3.41. The molecule has 172 valence electrons. The Morgan fingerprint density at radius 1 is 1.19 bits per heavy atom. The molecule has 32 heavy (non-hydrogen) atoms. The van der Waals surface area contributed by atoms with Crippen LogP contribution in [0, 0.1) is 6.92 Å². The zero-order chi connectivity index (χ0) is 22.7. The zero-order valence-electron chi connectivity index (χ0n) is 19.7. The van der Waals surface area contributed by atoms with Gasteiger partial charge >= 0.3 is 0 Å². The summed E-state index contributed by atoms with van der Waals surface area (Å²) in [4.78, 5) is 7.66. The Balaban J connectivity index is 1.94. The second kappa shape index (κ2) is 10.0. The molecule has 4 rings (SSSR count). The molecule has 1 aromatic carbocycles. The van der Waals surface area contributed by atoms with Gasteiger partial charge < -0.3 is 19.1 Å². The minimum atomic E-state index is 0.460. The standard InChI is InChI=1S/C25H33N3O3S/c1-6-11-27(18-9-13-31-14-10-18)25-24(32-5)26-23-19(8-7-12-28(23)25)22-20(29-3)15-17(2)16-21(22)30-4/h7-8,12,15-16,18H,6,9-11,13-14H2,1-5H3. The number of nitrogens with zero attached hydrogens (tertiary/aromatic N) is 3. The molecular weight excluding hydrogens is 422 g/mol. The largest absolute Gasteiger partial charge is 0.496 e. The molecule has 1 aliphatic rings. The summed E-state index contributed by atoms with van der Waals surface area (Å²) in [5, 5.41) is 1.04. The van der Waals surface area contributed by atoms with Crippen molar-refractivity contribution in [1.29, 1.82) is 0 Å². The van der Waals surface area contributed by atoms with E-state index in [0.29, 0.717) is 6.04 Å². The number of hydrogen-bond donors (Lipinski definition) is 0. The number of fused-ring (bicyclic) bond motifs is 1. The summed E-state index contributed by atoms with van der Waals surface area (Å²) in [6.45, 7) is 6.92. The molecule has 0 aliphatic carbocycles. The van der Waals surface area contributed by atoms with E-state index < -0.39 is 0 Å². The summed E-state index contributed by atoms with van der Waals surface area (Å²) < 4.78 is 19.4. The number of benzene rings is 1. The number of hydrogen-bond acceptors (Lipinski definition) is 6. The highest BCUT2D eigenvalue weighted by atomic mass is 32.2. The Kier molecular flexibility index (Phi) is 7.16. The monoisotopic (exact) mass is 455 g/mol. The van der Waals surface area contributed by atoms with Crippen LogP contribution in [-0.4, -0.2) is 55.7 Å². The summed E-state index contributed by atoms with van der Waals surface area (Å²) in [6, 6.07) is 8.74. The first kappa shape index (κ1) is 22.8. The third-order valence-electron chi connectivity index (χ3n) is 6.08. The van der Waals surface area contributed by atoms with Crippen LogP contribution in [0.5, 0.6) is 11.5 Å². The Labute approximate surface area is 194 Å². The minimum Gasteiger partial charge on any atom is -0.496 e. The molecule has 0 atom stereocenters. The molecule has 2 aromatic heterocycles. The van der Waals surface area contributed by atoms with Gasteiger partial charge in [-0.15, -0.1) is 11.8 Å². The van der Waals surface area contributed by atoms with Crippen molar-refractivity contribution < 1.29 is 14.2 Å². The normalized spacial score (nSPS) is 14.7. The number of anilines is 1. The summed E-state index contributed by atoms with van der Waals surface area (Å²) in [6.07, 6.45) is 7.39. The van der Waals surface area contributed by atoms with Crippen molar-refractivity contribution in [3.05, 3.63) is 36.0 Å². The van der Waals surface area contributed by atoms with E-state index in [1.54, 1.807) is 26.0 Å². The molecule has 1 aliphatic heterocycles. The van der Waals surface area contributed by atoms with Crippen LogP contribution in [0.1, 0.15) is 31.7 Å². The van der Waals surface area contributed by atoms with Crippen molar-refractivity contribution in [2.45, 2.75) is 44.2 Å². The quantitative estimate of drug-likeness (QED) is 0.421. The fraction of sp³-hybridized carbons (Fsp3) is 0.480. The van der Waals surface area contributed by atoms with Crippen molar-refractivity contribution in [2.24, 2.45) is 0 Å². The van der Waals surface area contributed by atoms with E-state index in [4.69, 9.17) is 19.2 Å². The first-order valence-corrected chi connectivity index (χ1v) is 12.5. The number of aryl methyl sites for hydroxylation is 1. The Morgan fingerprint density at radius 2 is 1.88 bits per heavy atom. The Hall–Kier alpha value is -2.38. The molecule has 0 unspecified atom stereocenters. The molecule has 0 radical (unpaired) electrons. The fourth-order valence-corrected chi connectivity index (χ4v) is 5.21. The fourth-order valence-electron chi connectivity index (χ4n) is 4.64. The summed E-state index contributed by atoms with van der Waals surface area (Å²) in [5.74, 6) is 2.76. The predicted molar refractivity (Wildman–Crippen MR) is 132 cm³/mol. The second-order valence-electron chi connectivity index (χ2n) is 8.14. The molecule has 7 heteroatoms. The first-order chi connectivity index (χ1) is 15.6. The molecule has 3 heterocycles. The highest BCUT2D eigenvalue weighted by molar-refractivity contribution is 7.98. The summed E-state index contributed by atoms with van der Waals surface area (Å²) in [5.41, 5.74) is 3.95. The van der Waals surface area contributed by atoms with E-state index in [0.717, 1.165) is 77.9 Å². The van der Waals surface area contributed by atoms with Crippen LogP contribution in [0.3, 0.4) is 0 Å². The number of thioether (sulfide) groups is 1. The molecule has 6 nitrogen and oxygen atoms in total. The van der Waals surface area contributed by atoms with Gasteiger partial charge in [0.25, 0.3) is 0 Å². The molecule has 0 spiro atoms. The highest BCUT2D eigenvalue weighted by Crippen LogP contribution is 2.43. The van der Waals surface area contributed by atoms with Gasteiger partial charge in [0, 0.05) is 37.6 Å². The number of aromatic nitrogens is 2. The average molecular weight is 456 g/mol. The van der Waals surface area contributed by atoms with Crippen LogP contribution in [0.25, 0.3) is 16.8 Å². The Bertz CT molecular complexity index is 1050. The molecular formula is C25H33N3O3S. The van der Waals surface area contributed by atoms with E-state index in [1.165, 1.54) is 5.82 Å². The SMILES string of the molecule is CCCN(c1c(SC)nc2c(-c3c(OC)cc(C)cc3OC)cccn12)C1CCOCC1. The van der Waals surface area contributed by atoms with Crippen LogP contribution in [0.2, 0.25) is 0 Å². The lowest BCUT2D eigenvalue weighted by molar-refractivity contribution is 0.0841. The van der Waals surface area contributed by atoms with Crippen LogP contribution in [0.15, 0.2) is 35.5 Å². The molecule has 3 aromatic rings. The zero-order valence-corrected chi connectivity index (χ0v) is 20.5. The number of pyridine rings is 1. The maximum atomic E-state index is 5.77. The van der Waals surface area contributed by atoms with Crippen LogP contribution in [-0.2, 0) is 4.74 Å². The predicted octanol–water partition coefficient (Wildman–Crippen LogP) is 5.44. The topological polar surface area (TPSA) is 48.2 Å². The van der Waals surface area contributed by atoms with Gasteiger partial charge in [-0.1, -0.05) is 6.92 Å². The third-order valence-corrected chi connectivity index (χ3v) is 6.74. The van der Waals surface area contributed by atoms with Gasteiger partial charge in [-0.3, -0.25) is 4.40 Å². The van der Waals surface area contributed by atoms with Crippen molar-refractivity contribution in [1.82, 2.24) is 9.38 Å². The number of rotatable bonds is 8. The lowest BCUT2D eigenvalue weighted by Crippen LogP contribution is -2.41. The van der Waals surface area contributed by atoms with Gasteiger partial charge in [0.15, 0.2) is 0 Å². The van der Waals surface area contributed by atoms with E-state index in [2.05, 4.69) is 40.8 Å². The number of methoxy groups -OCH3 is 2. The second-order valence-corrected chi connectivity index (χ2v) is 8.94. The van der Waals surface area contributed by atoms with Gasteiger partial charge in [-0.05, 0) is 62.3 Å². The van der Waals surface area contributed by atoms with Crippen LogP contribution >= 0.6 is 11.8 Å². The van der Waals surface area contributed by atoms with Crippen LogP contribution in [0.4, 0.5) is 5.82 Å². The average Bonchev–Trinajstić information content (AvgIpc) is 3.21. The maximum Gasteiger partial charge on any atom is 0.147 e.